The van der Waals surface area contributed by atoms with Crippen molar-refractivity contribution >= 4 is 23.3 Å². The lowest BCUT2D eigenvalue weighted by atomic mass is 10.3. The Morgan fingerprint density at radius 3 is 3.06 bits per heavy atom. The fourth-order valence-electron chi connectivity index (χ4n) is 1.21. The van der Waals surface area contributed by atoms with Crippen LogP contribution in [0.2, 0.25) is 0 Å². The smallest absolute Gasteiger partial charge is 0.378 e. The molecule has 0 aliphatic rings. The molecule has 0 amide bonds. The van der Waals surface area contributed by atoms with Gasteiger partial charge >= 0.3 is 5.82 Å². The van der Waals surface area contributed by atoms with E-state index >= 15 is 0 Å². The van der Waals surface area contributed by atoms with Gasteiger partial charge in [-0.25, -0.2) is 0 Å². The van der Waals surface area contributed by atoms with E-state index < -0.39 is 4.92 Å². The van der Waals surface area contributed by atoms with Crippen molar-refractivity contribution in [1.29, 1.82) is 0 Å². The van der Waals surface area contributed by atoms with Gasteiger partial charge in [0.15, 0.2) is 0 Å². The van der Waals surface area contributed by atoms with E-state index in [1.807, 2.05) is 0 Å². The van der Waals surface area contributed by atoms with Gasteiger partial charge in [0.25, 0.3) is 0 Å². The number of anilines is 1. The molecule has 1 aromatic rings. The molecule has 0 aliphatic heterocycles. The third kappa shape index (κ3) is 3.69. The van der Waals surface area contributed by atoms with Crippen LogP contribution < -0.4 is 5.32 Å². The second kappa shape index (κ2) is 6.32. The maximum Gasteiger partial charge on any atom is 0.386 e. The number of nitrogens with zero attached hydrogens (tertiary/aromatic N) is 2. The van der Waals surface area contributed by atoms with Crippen LogP contribution in [0.1, 0.15) is 13.3 Å². The SMILES string of the molecule is CSC(C)CCNc1cccnc1[N+](=O)[O-]. The van der Waals surface area contributed by atoms with Crippen LogP contribution in [0.25, 0.3) is 0 Å². The first-order valence-electron chi connectivity index (χ1n) is 5.01. The van der Waals surface area contributed by atoms with Gasteiger partial charge in [-0.1, -0.05) is 6.92 Å². The predicted molar refractivity (Wildman–Crippen MR) is 67.0 cm³/mol. The Morgan fingerprint density at radius 2 is 2.44 bits per heavy atom. The fourth-order valence-corrected chi connectivity index (χ4v) is 1.56. The summed E-state index contributed by atoms with van der Waals surface area (Å²) in [6, 6.07) is 3.36. The van der Waals surface area contributed by atoms with Crippen molar-refractivity contribution in [2.45, 2.75) is 18.6 Å². The molecule has 1 unspecified atom stereocenters. The Morgan fingerprint density at radius 1 is 1.69 bits per heavy atom. The summed E-state index contributed by atoms with van der Waals surface area (Å²) in [6.45, 7) is 2.85. The van der Waals surface area contributed by atoms with Gasteiger partial charge in [-0.3, -0.25) is 0 Å². The zero-order valence-corrected chi connectivity index (χ0v) is 10.2. The second-order valence-electron chi connectivity index (χ2n) is 3.39. The predicted octanol–water partition coefficient (Wildman–Crippen LogP) is 2.54. The summed E-state index contributed by atoms with van der Waals surface area (Å²) in [6.07, 6.45) is 4.44. The summed E-state index contributed by atoms with van der Waals surface area (Å²) >= 11 is 1.78. The third-order valence-corrected chi connectivity index (χ3v) is 3.27. The van der Waals surface area contributed by atoms with E-state index in [1.165, 1.54) is 6.20 Å². The highest BCUT2D eigenvalue weighted by atomic mass is 32.2. The normalized spacial score (nSPS) is 12.1. The highest BCUT2D eigenvalue weighted by Gasteiger charge is 2.13. The lowest BCUT2D eigenvalue weighted by Crippen LogP contribution is -2.09. The lowest BCUT2D eigenvalue weighted by molar-refractivity contribution is -0.388. The molecule has 1 heterocycles. The topological polar surface area (TPSA) is 68.1 Å². The van der Waals surface area contributed by atoms with Crippen LogP contribution in [0.3, 0.4) is 0 Å². The molecule has 0 fully saturated rings. The summed E-state index contributed by atoms with van der Waals surface area (Å²) in [4.78, 5) is 13.9. The van der Waals surface area contributed by atoms with Gasteiger partial charge in [0.1, 0.15) is 11.9 Å². The van der Waals surface area contributed by atoms with Crippen molar-refractivity contribution in [2.24, 2.45) is 0 Å². The molecule has 0 bridgehead atoms. The van der Waals surface area contributed by atoms with Crippen molar-refractivity contribution in [2.75, 3.05) is 18.1 Å². The largest absolute Gasteiger partial charge is 0.386 e. The average molecular weight is 241 g/mol. The third-order valence-electron chi connectivity index (χ3n) is 2.23. The summed E-state index contributed by atoms with van der Waals surface area (Å²) in [5.74, 6) is -0.112. The maximum absolute atomic E-state index is 10.7. The highest BCUT2D eigenvalue weighted by Crippen LogP contribution is 2.20. The number of nitrogens with one attached hydrogen (secondary N) is 1. The van der Waals surface area contributed by atoms with Crippen LogP contribution in [-0.2, 0) is 0 Å². The van der Waals surface area contributed by atoms with Gasteiger partial charge in [-0.15, -0.1) is 0 Å². The molecule has 16 heavy (non-hydrogen) atoms. The Kier molecular flexibility index (Phi) is 5.04. The molecule has 1 aromatic heterocycles. The zero-order valence-electron chi connectivity index (χ0n) is 9.34. The van der Waals surface area contributed by atoms with Crippen LogP contribution in [-0.4, -0.2) is 28.0 Å². The van der Waals surface area contributed by atoms with E-state index in [9.17, 15) is 10.1 Å². The molecular formula is C10H15N3O2S. The van der Waals surface area contributed by atoms with Gasteiger partial charge in [-0.05, 0) is 34.7 Å². The molecule has 5 nitrogen and oxygen atoms in total. The van der Waals surface area contributed by atoms with E-state index in [4.69, 9.17) is 0 Å². The standard InChI is InChI=1S/C10H15N3O2S/c1-8(16-2)5-7-11-9-4-3-6-12-10(9)13(14)15/h3-4,6,8,11H,5,7H2,1-2H3. The molecule has 0 aliphatic carbocycles. The Balaban J connectivity index is 2.56. The summed E-state index contributed by atoms with van der Waals surface area (Å²) in [7, 11) is 0. The number of nitro groups is 1. The van der Waals surface area contributed by atoms with E-state index in [0.717, 1.165) is 6.42 Å². The van der Waals surface area contributed by atoms with E-state index in [2.05, 4.69) is 23.5 Å². The minimum atomic E-state index is -0.472. The van der Waals surface area contributed by atoms with Gasteiger partial charge < -0.3 is 15.4 Å². The van der Waals surface area contributed by atoms with E-state index in [-0.39, 0.29) is 5.82 Å². The average Bonchev–Trinajstić information content (AvgIpc) is 2.29. The fraction of sp³-hybridized carbons (Fsp3) is 0.500. The summed E-state index contributed by atoms with van der Waals surface area (Å²) < 4.78 is 0. The van der Waals surface area contributed by atoms with Gasteiger partial charge in [0, 0.05) is 11.8 Å². The van der Waals surface area contributed by atoms with Gasteiger partial charge in [-0.2, -0.15) is 11.8 Å². The monoisotopic (exact) mass is 241 g/mol. The number of aromatic nitrogens is 1. The minimum Gasteiger partial charge on any atom is -0.378 e. The quantitative estimate of drug-likeness (QED) is 0.612. The molecule has 1 rings (SSSR count). The Bertz CT molecular complexity index is 360. The van der Waals surface area contributed by atoms with Crippen molar-refractivity contribution in [1.82, 2.24) is 4.98 Å². The van der Waals surface area contributed by atoms with E-state index in [0.29, 0.717) is 17.5 Å². The molecule has 1 atom stereocenters. The molecule has 0 saturated carbocycles. The first kappa shape index (κ1) is 12.8. The first-order chi connectivity index (χ1) is 7.65. The van der Waals surface area contributed by atoms with Crippen LogP contribution in [0.4, 0.5) is 11.5 Å². The lowest BCUT2D eigenvalue weighted by Gasteiger charge is -2.09. The molecule has 0 radical (unpaired) electrons. The molecular weight excluding hydrogens is 226 g/mol. The van der Waals surface area contributed by atoms with Gasteiger partial charge in [0.2, 0.25) is 0 Å². The molecule has 1 N–H and O–H groups in total. The zero-order chi connectivity index (χ0) is 12.0. The number of pyridine rings is 1. The van der Waals surface area contributed by atoms with Gasteiger partial charge in [0.05, 0.1) is 0 Å². The molecule has 0 aromatic carbocycles. The number of rotatable bonds is 6. The Labute approximate surface area is 98.8 Å². The minimum absolute atomic E-state index is 0.112. The number of hydrogen-bond acceptors (Lipinski definition) is 5. The van der Waals surface area contributed by atoms with Crippen molar-refractivity contribution in [3.05, 3.63) is 28.4 Å². The first-order valence-corrected chi connectivity index (χ1v) is 6.30. The van der Waals surface area contributed by atoms with Crippen LogP contribution >= 0.6 is 11.8 Å². The number of thioether (sulfide) groups is 1. The summed E-state index contributed by atoms with van der Waals surface area (Å²) in [5, 5.41) is 14.3. The molecule has 6 heteroatoms. The van der Waals surface area contributed by atoms with Crippen molar-refractivity contribution in [3.63, 3.8) is 0 Å². The Hall–Kier alpha value is -1.30. The van der Waals surface area contributed by atoms with Crippen LogP contribution in [0.5, 0.6) is 0 Å². The molecule has 88 valence electrons. The van der Waals surface area contributed by atoms with Crippen LogP contribution in [0.15, 0.2) is 18.3 Å². The van der Waals surface area contributed by atoms with E-state index in [1.54, 1.807) is 23.9 Å². The second-order valence-corrected chi connectivity index (χ2v) is 4.67. The van der Waals surface area contributed by atoms with Crippen LogP contribution in [0, 0.1) is 10.1 Å². The van der Waals surface area contributed by atoms with Crippen molar-refractivity contribution in [3.8, 4) is 0 Å². The molecule has 0 spiro atoms. The molecule has 0 saturated heterocycles. The summed E-state index contributed by atoms with van der Waals surface area (Å²) in [5.41, 5.74) is 0.487. The number of hydrogen-bond donors (Lipinski definition) is 1. The van der Waals surface area contributed by atoms with Crippen molar-refractivity contribution < 1.29 is 4.92 Å². The highest BCUT2D eigenvalue weighted by molar-refractivity contribution is 7.99. The maximum atomic E-state index is 10.7.